The minimum atomic E-state index is 0.928. The Labute approximate surface area is 72.3 Å². The molecular weight excluding hydrogens is 148 g/mol. The van der Waals surface area contributed by atoms with Crippen LogP contribution < -0.4 is 5.73 Å². The summed E-state index contributed by atoms with van der Waals surface area (Å²) in [4.78, 5) is 0. The summed E-state index contributed by atoms with van der Waals surface area (Å²) < 4.78 is 2.20. The van der Waals surface area contributed by atoms with Gasteiger partial charge in [-0.2, -0.15) is 0 Å². The van der Waals surface area contributed by atoms with Gasteiger partial charge in [-0.25, -0.2) is 4.58 Å². The molecule has 12 heavy (non-hydrogen) atoms. The van der Waals surface area contributed by atoms with Gasteiger partial charge in [-0.3, -0.25) is 0 Å². The van der Waals surface area contributed by atoms with E-state index in [0.717, 1.165) is 18.7 Å². The summed E-state index contributed by atoms with van der Waals surface area (Å²) in [6.45, 7) is 1.07. The van der Waals surface area contributed by atoms with Crippen LogP contribution in [0.2, 0.25) is 0 Å². The van der Waals surface area contributed by atoms with E-state index in [4.69, 9.17) is 5.73 Å². The minimum Gasteiger partial charge on any atom is -0.398 e. The monoisotopic (exact) mass is 161 g/mol. The number of rotatable bonds is 0. The molecule has 0 saturated carbocycles. The van der Waals surface area contributed by atoms with E-state index in [1.54, 1.807) is 0 Å². The van der Waals surface area contributed by atoms with Crippen LogP contribution in [0, 0.1) is 0 Å². The largest absolute Gasteiger partial charge is 0.398 e. The molecular formula is C10H13N2+. The second-order valence-corrected chi connectivity index (χ2v) is 3.27. The van der Waals surface area contributed by atoms with Gasteiger partial charge in [-0.05, 0) is 17.7 Å². The van der Waals surface area contributed by atoms with Gasteiger partial charge >= 0.3 is 0 Å². The first-order valence-electron chi connectivity index (χ1n) is 4.20. The number of nitrogens with two attached hydrogens (primary N) is 1. The summed E-state index contributed by atoms with van der Waals surface area (Å²) in [5, 5.41) is 0. The number of likely N-dealkylation sites (N-methyl/N-ethyl adjacent to an activating group) is 1. The third-order valence-electron chi connectivity index (χ3n) is 2.32. The lowest BCUT2D eigenvalue weighted by Crippen LogP contribution is -2.19. The topological polar surface area (TPSA) is 29.0 Å². The highest BCUT2D eigenvalue weighted by Gasteiger charge is 2.13. The molecule has 2 nitrogen and oxygen atoms in total. The van der Waals surface area contributed by atoms with E-state index in [1.807, 2.05) is 12.1 Å². The average Bonchev–Trinajstić information content (AvgIpc) is 2.04. The third-order valence-corrected chi connectivity index (χ3v) is 2.32. The molecule has 2 heteroatoms. The Hall–Kier alpha value is -1.31. The molecule has 1 heterocycles. The van der Waals surface area contributed by atoms with E-state index >= 15 is 0 Å². The molecule has 0 spiro atoms. The highest BCUT2D eigenvalue weighted by atomic mass is 15.0. The van der Waals surface area contributed by atoms with E-state index in [0.29, 0.717) is 0 Å². The lowest BCUT2D eigenvalue weighted by molar-refractivity contribution is -0.493. The van der Waals surface area contributed by atoms with Crippen molar-refractivity contribution in [2.24, 2.45) is 0 Å². The van der Waals surface area contributed by atoms with Crippen molar-refractivity contribution in [3.63, 3.8) is 0 Å². The number of benzene rings is 1. The molecule has 0 aromatic heterocycles. The van der Waals surface area contributed by atoms with Crippen molar-refractivity contribution in [2.75, 3.05) is 19.3 Å². The van der Waals surface area contributed by atoms with Crippen LogP contribution in [-0.4, -0.2) is 24.4 Å². The maximum absolute atomic E-state index is 5.85. The number of nitrogens with zero attached hydrogens (tertiary/aromatic N) is 1. The van der Waals surface area contributed by atoms with Gasteiger partial charge in [-0.15, -0.1) is 0 Å². The quantitative estimate of drug-likeness (QED) is 0.444. The fourth-order valence-electron chi connectivity index (χ4n) is 1.62. The summed E-state index contributed by atoms with van der Waals surface area (Å²) in [7, 11) is 2.09. The zero-order valence-electron chi connectivity index (χ0n) is 7.25. The van der Waals surface area contributed by atoms with Crippen LogP contribution >= 0.6 is 0 Å². The van der Waals surface area contributed by atoms with Crippen LogP contribution in [0.25, 0.3) is 0 Å². The van der Waals surface area contributed by atoms with E-state index in [-0.39, 0.29) is 0 Å². The zero-order chi connectivity index (χ0) is 8.55. The molecule has 2 rings (SSSR count). The van der Waals surface area contributed by atoms with Gasteiger partial charge in [0.2, 0.25) is 0 Å². The van der Waals surface area contributed by atoms with Crippen LogP contribution in [0.3, 0.4) is 0 Å². The molecule has 0 bridgehead atoms. The van der Waals surface area contributed by atoms with Gasteiger partial charge in [0.05, 0.1) is 0 Å². The molecule has 1 aromatic rings. The molecule has 0 amide bonds. The van der Waals surface area contributed by atoms with Crippen LogP contribution in [0.15, 0.2) is 18.2 Å². The Balaban J connectivity index is 2.57. The standard InChI is InChI=1S/C10H13N2/c1-12-6-5-9-8(7-12)3-2-4-10(9)11/h2-4,7H,5-6,11H2,1H3/q+1. The molecule has 1 aliphatic rings. The lowest BCUT2D eigenvalue weighted by Gasteiger charge is -2.11. The van der Waals surface area contributed by atoms with Gasteiger partial charge in [0.15, 0.2) is 6.21 Å². The van der Waals surface area contributed by atoms with E-state index < -0.39 is 0 Å². The SMILES string of the molecule is C[N+]1=Cc2cccc(N)c2CC1. The van der Waals surface area contributed by atoms with Crippen molar-refractivity contribution in [1.29, 1.82) is 0 Å². The summed E-state index contributed by atoms with van der Waals surface area (Å²) in [5.74, 6) is 0. The average molecular weight is 161 g/mol. The summed E-state index contributed by atoms with van der Waals surface area (Å²) in [6.07, 6.45) is 3.21. The molecule has 0 unspecified atom stereocenters. The molecule has 0 saturated heterocycles. The number of anilines is 1. The van der Waals surface area contributed by atoms with Gasteiger partial charge < -0.3 is 5.73 Å². The predicted octanol–water partition coefficient (Wildman–Crippen LogP) is 0.886. The van der Waals surface area contributed by atoms with Gasteiger partial charge in [0.1, 0.15) is 13.6 Å². The fraction of sp³-hybridized carbons (Fsp3) is 0.300. The number of nitrogen functional groups attached to an aromatic ring is 1. The third kappa shape index (κ3) is 1.09. The van der Waals surface area contributed by atoms with Crippen LogP contribution in [0.5, 0.6) is 0 Å². The van der Waals surface area contributed by atoms with Gasteiger partial charge in [-0.1, -0.05) is 6.07 Å². The van der Waals surface area contributed by atoms with E-state index in [9.17, 15) is 0 Å². The van der Waals surface area contributed by atoms with Crippen molar-refractivity contribution in [3.8, 4) is 0 Å². The maximum atomic E-state index is 5.85. The van der Waals surface area contributed by atoms with Crippen molar-refractivity contribution in [3.05, 3.63) is 29.3 Å². The molecule has 1 aromatic carbocycles. The Morgan fingerprint density at radius 3 is 3.08 bits per heavy atom. The maximum Gasteiger partial charge on any atom is 0.170 e. The van der Waals surface area contributed by atoms with E-state index in [2.05, 4.69) is 23.9 Å². The van der Waals surface area contributed by atoms with Gasteiger partial charge in [0, 0.05) is 17.7 Å². The molecule has 0 atom stereocenters. The van der Waals surface area contributed by atoms with Crippen molar-refractivity contribution in [1.82, 2.24) is 0 Å². The second-order valence-electron chi connectivity index (χ2n) is 3.27. The normalized spacial score (nSPS) is 15.2. The Morgan fingerprint density at radius 2 is 2.25 bits per heavy atom. The first-order valence-corrected chi connectivity index (χ1v) is 4.20. The lowest BCUT2D eigenvalue weighted by atomic mass is 10.0. The van der Waals surface area contributed by atoms with Crippen molar-refractivity contribution < 1.29 is 4.58 Å². The van der Waals surface area contributed by atoms with Crippen molar-refractivity contribution >= 4 is 11.9 Å². The molecule has 0 aliphatic carbocycles. The first-order chi connectivity index (χ1) is 5.77. The smallest absolute Gasteiger partial charge is 0.170 e. The summed E-state index contributed by atoms with van der Waals surface area (Å²) in [5.41, 5.74) is 9.34. The molecule has 0 radical (unpaired) electrons. The number of hydrogen-bond donors (Lipinski definition) is 1. The van der Waals surface area contributed by atoms with Crippen LogP contribution in [-0.2, 0) is 6.42 Å². The Morgan fingerprint density at radius 1 is 1.42 bits per heavy atom. The molecule has 2 N–H and O–H groups in total. The van der Waals surface area contributed by atoms with Crippen molar-refractivity contribution in [2.45, 2.75) is 6.42 Å². The minimum absolute atomic E-state index is 0.928. The highest BCUT2D eigenvalue weighted by Crippen LogP contribution is 2.18. The molecule has 0 fully saturated rings. The highest BCUT2D eigenvalue weighted by molar-refractivity contribution is 5.81. The van der Waals surface area contributed by atoms with Crippen LogP contribution in [0.4, 0.5) is 5.69 Å². The molecule has 62 valence electrons. The zero-order valence-corrected chi connectivity index (χ0v) is 7.25. The van der Waals surface area contributed by atoms with Crippen LogP contribution in [0.1, 0.15) is 11.1 Å². The Bertz CT molecular complexity index is 340. The number of hydrogen-bond acceptors (Lipinski definition) is 1. The van der Waals surface area contributed by atoms with E-state index in [1.165, 1.54) is 11.1 Å². The predicted molar refractivity (Wildman–Crippen MR) is 50.8 cm³/mol. The summed E-state index contributed by atoms with van der Waals surface area (Å²) in [6, 6.07) is 6.09. The Kier molecular flexibility index (Phi) is 1.61. The summed E-state index contributed by atoms with van der Waals surface area (Å²) >= 11 is 0. The van der Waals surface area contributed by atoms with Gasteiger partial charge in [0.25, 0.3) is 0 Å². The second kappa shape index (κ2) is 2.63. The molecule has 1 aliphatic heterocycles. The first kappa shape index (κ1) is 7.35. The number of fused-ring (bicyclic) bond motifs is 1. The fourth-order valence-corrected chi connectivity index (χ4v) is 1.62.